The van der Waals surface area contributed by atoms with E-state index < -0.39 is 6.61 Å². The van der Waals surface area contributed by atoms with E-state index in [2.05, 4.69) is 28.8 Å². The van der Waals surface area contributed by atoms with Crippen LogP contribution >= 0.6 is 0 Å². The second-order valence-corrected chi connectivity index (χ2v) is 4.27. The Labute approximate surface area is 113 Å². The fourth-order valence-electron chi connectivity index (χ4n) is 1.64. The Balaban J connectivity index is 2.34. The minimum Gasteiger partial charge on any atom is -0.435 e. The van der Waals surface area contributed by atoms with Crippen molar-refractivity contribution in [2.45, 2.75) is 39.3 Å². The van der Waals surface area contributed by atoms with Gasteiger partial charge in [-0.2, -0.15) is 8.78 Å². The van der Waals surface area contributed by atoms with Crippen molar-refractivity contribution in [3.05, 3.63) is 29.8 Å². The molecule has 0 heterocycles. The van der Waals surface area contributed by atoms with Gasteiger partial charge in [-0.25, -0.2) is 0 Å². The van der Waals surface area contributed by atoms with Crippen molar-refractivity contribution < 1.29 is 13.5 Å². The molecule has 0 fully saturated rings. The smallest absolute Gasteiger partial charge is 0.387 e. The maximum atomic E-state index is 12.0. The van der Waals surface area contributed by atoms with Crippen LogP contribution in [0.4, 0.5) is 8.78 Å². The Morgan fingerprint density at radius 1 is 1.26 bits per heavy atom. The van der Waals surface area contributed by atoms with Crippen molar-refractivity contribution in [2.24, 2.45) is 0 Å². The molecule has 0 aliphatic carbocycles. The van der Waals surface area contributed by atoms with E-state index in [0.29, 0.717) is 12.6 Å². The number of alkyl halides is 2. The van der Waals surface area contributed by atoms with Crippen LogP contribution in [0.25, 0.3) is 0 Å². The van der Waals surface area contributed by atoms with Gasteiger partial charge in [0.15, 0.2) is 0 Å². The minimum absolute atomic E-state index is 0.197. The minimum atomic E-state index is -2.77. The van der Waals surface area contributed by atoms with Crippen LogP contribution in [0.15, 0.2) is 24.3 Å². The summed E-state index contributed by atoms with van der Waals surface area (Å²) in [6, 6.07) is 7.15. The van der Waals surface area contributed by atoms with Crippen molar-refractivity contribution in [3.8, 4) is 17.6 Å². The normalized spacial score (nSPS) is 11.8. The third-order valence-corrected chi connectivity index (χ3v) is 2.73. The van der Waals surface area contributed by atoms with Gasteiger partial charge < -0.3 is 10.1 Å². The monoisotopic (exact) mass is 267 g/mol. The Kier molecular flexibility index (Phi) is 6.91. The highest BCUT2D eigenvalue weighted by molar-refractivity contribution is 5.27. The highest BCUT2D eigenvalue weighted by atomic mass is 19.3. The zero-order chi connectivity index (χ0) is 14.1. The molecule has 4 heteroatoms. The second-order valence-electron chi connectivity index (χ2n) is 4.27. The molecule has 1 atom stereocenters. The van der Waals surface area contributed by atoms with Gasteiger partial charge in [-0.3, -0.25) is 0 Å². The van der Waals surface area contributed by atoms with Crippen molar-refractivity contribution >= 4 is 0 Å². The molecule has 0 aliphatic rings. The first-order valence-electron chi connectivity index (χ1n) is 6.28. The quantitative estimate of drug-likeness (QED) is 0.766. The van der Waals surface area contributed by atoms with Crippen LogP contribution in [0.5, 0.6) is 5.75 Å². The van der Waals surface area contributed by atoms with E-state index in [0.717, 1.165) is 18.4 Å². The van der Waals surface area contributed by atoms with E-state index in [-0.39, 0.29) is 5.75 Å². The number of benzene rings is 1. The molecule has 2 nitrogen and oxygen atoms in total. The van der Waals surface area contributed by atoms with Crippen molar-refractivity contribution in [2.75, 3.05) is 6.54 Å². The van der Waals surface area contributed by atoms with Gasteiger partial charge in [0.1, 0.15) is 5.75 Å². The summed E-state index contributed by atoms with van der Waals surface area (Å²) in [6.45, 7) is 1.84. The van der Waals surface area contributed by atoms with Gasteiger partial charge in [0, 0.05) is 6.04 Å². The van der Waals surface area contributed by atoms with E-state index in [9.17, 15) is 8.78 Å². The molecular weight excluding hydrogens is 248 g/mol. The Hall–Kier alpha value is -1.60. The molecular formula is C15H19F2NO. The predicted molar refractivity (Wildman–Crippen MR) is 72.3 cm³/mol. The van der Waals surface area contributed by atoms with Gasteiger partial charge in [0.05, 0.1) is 6.54 Å². The molecule has 0 aromatic heterocycles. The van der Waals surface area contributed by atoms with Crippen LogP contribution in [-0.2, 0) is 6.42 Å². The predicted octanol–water partition coefficient (Wildman–Crippen LogP) is 3.22. The van der Waals surface area contributed by atoms with Crippen LogP contribution in [0.3, 0.4) is 0 Å². The molecule has 0 aliphatic heterocycles. The lowest BCUT2D eigenvalue weighted by molar-refractivity contribution is -0.0498. The molecule has 0 bridgehead atoms. The summed E-state index contributed by atoms with van der Waals surface area (Å²) in [5.74, 6) is 5.98. The Bertz CT molecular complexity index is 420. The van der Waals surface area contributed by atoms with Crippen LogP contribution in [0.2, 0.25) is 0 Å². The van der Waals surface area contributed by atoms with Crippen LogP contribution in [0, 0.1) is 11.8 Å². The molecule has 1 aromatic rings. The zero-order valence-corrected chi connectivity index (χ0v) is 11.2. The van der Waals surface area contributed by atoms with Gasteiger partial charge >= 0.3 is 6.61 Å². The van der Waals surface area contributed by atoms with Gasteiger partial charge in [-0.15, -0.1) is 5.92 Å². The van der Waals surface area contributed by atoms with Gasteiger partial charge in [-0.1, -0.05) is 18.1 Å². The summed E-state index contributed by atoms with van der Waals surface area (Å²) in [4.78, 5) is 0. The summed E-state index contributed by atoms with van der Waals surface area (Å²) in [5.41, 5.74) is 1.11. The van der Waals surface area contributed by atoms with Gasteiger partial charge in [0.2, 0.25) is 0 Å². The molecule has 104 valence electrons. The molecule has 0 amide bonds. The van der Waals surface area contributed by atoms with E-state index in [1.165, 1.54) is 0 Å². The number of aryl methyl sites for hydroxylation is 1. The molecule has 1 N–H and O–H groups in total. The number of nitrogens with one attached hydrogen (secondary N) is 1. The van der Waals surface area contributed by atoms with Gasteiger partial charge in [0.25, 0.3) is 0 Å². The van der Waals surface area contributed by atoms with Gasteiger partial charge in [-0.05, 0) is 44.4 Å². The van der Waals surface area contributed by atoms with Crippen LogP contribution in [0.1, 0.15) is 25.8 Å². The number of hydrogen-bond donors (Lipinski definition) is 1. The maximum absolute atomic E-state index is 12.0. The number of hydrogen-bond acceptors (Lipinski definition) is 2. The summed E-state index contributed by atoms with van der Waals surface area (Å²) in [6.07, 6.45) is 1.86. The molecule has 0 spiro atoms. The molecule has 0 saturated heterocycles. The average Bonchev–Trinajstić information content (AvgIpc) is 2.37. The summed E-state index contributed by atoms with van der Waals surface area (Å²) in [7, 11) is 0. The Morgan fingerprint density at radius 2 is 1.95 bits per heavy atom. The fraction of sp³-hybridized carbons (Fsp3) is 0.467. The highest BCUT2D eigenvalue weighted by Gasteiger charge is 2.04. The van der Waals surface area contributed by atoms with E-state index in [1.807, 2.05) is 19.1 Å². The second kappa shape index (κ2) is 8.49. The third kappa shape index (κ3) is 6.78. The van der Waals surface area contributed by atoms with Crippen LogP contribution < -0.4 is 10.1 Å². The first-order valence-corrected chi connectivity index (χ1v) is 6.28. The molecule has 0 saturated carbocycles. The maximum Gasteiger partial charge on any atom is 0.387 e. The Morgan fingerprint density at radius 3 is 2.53 bits per heavy atom. The molecule has 1 rings (SSSR count). The molecule has 1 aromatic carbocycles. The fourth-order valence-corrected chi connectivity index (χ4v) is 1.64. The van der Waals surface area contributed by atoms with Crippen LogP contribution in [-0.4, -0.2) is 19.2 Å². The summed E-state index contributed by atoms with van der Waals surface area (Å²) < 4.78 is 28.3. The average molecular weight is 267 g/mol. The van der Waals surface area contributed by atoms with Crippen molar-refractivity contribution in [1.29, 1.82) is 0 Å². The lowest BCUT2D eigenvalue weighted by atomic mass is 10.1. The van der Waals surface area contributed by atoms with E-state index in [1.54, 1.807) is 12.1 Å². The molecule has 19 heavy (non-hydrogen) atoms. The number of halogens is 2. The number of rotatable bonds is 7. The SMILES string of the molecule is CC#CCNC(C)CCc1ccc(OC(F)F)cc1. The number of ether oxygens (including phenoxy) is 1. The standard InChI is InChI=1S/C15H19F2NO/c1-3-4-11-18-12(2)5-6-13-7-9-14(10-8-13)19-15(16)17/h7-10,12,15,18H,5-6,11H2,1-2H3. The molecule has 0 radical (unpaired) electrons. The first-order chi connectivity index (χ1) is 9.11. The summed E-state index contributed by atoms with van der Waals surface area (Å²) >= 11 is 0. The zero-order valence-electron chi connectivity index (χ0n) is 11.2. The van der Waals surface area contributed by atoms with E-state index >= 15 is 0 Å². The first kappa shape index (κ1) is 15.5. The topological polar surface area (TPSA) is 21.3 Å². The lowest BCUT2D eigenvalue weighted by Gasteiger charge is -2.11. The van der Waals surface area contributed by atoms with Crippen molar-refractivity contribution in [3.63, 3.8) is 0 Å². The summed E-state index contributed by atoms with van der Waals surface area (Å²) in [5, 5.41) is 3.29. The third-order valence-electron chi connectivity index (χ3n) is 2.73. The molecule has 1 unspecified atom stereocenters. The van der Waals surface area contributed by atoms with Crippen molar-refractivity contribution in [1.82, 2.24) is 5.32 Å². The largest absolute Gasteiger partial charge is 0.435 e. The lowest BCUT2D eigenvalue weighted by Crippen LogP contribution is -2.26. The van der Waals surface area contributed by atoms with E-state index in [4.69, 9.17) is 0 Å². The highest BCUT2D eigenvalue weighted by Crippen LogP contribution is 2.16.